The monoisotopic (exact) mass is 676 g/mol. The Balaban J connectivity index is 1.46. The molecule has 0 saturated carbocycles. The Morgan fingerprint density at radius 1 is 1.17 bits per heavy atom. The lowest BCUT2D eigenvalue weighted by molar-refractivity contribution is -0.137. The topological polar surface area (TPSA) is 112 Å². The summed E-state index contributed by atoms with van der Waals surface area (Å²) in [7, 11) is 0. The highest BCUT2D eigenvalue weighted by Crippen LogP contribution is 2.48. The molecule has 4 aromatic rings. The molecule has 0 spiro atoms. The Bertz CT molecular complexity index is 1930. The molecule has 3 fully saturated rings. The predicted octanol–water partition coefficient (Wildman–Crippen LogP) is 6.43. The second-order valence-electron chi connectivity index (χ2n) is 12.6. The molecular weight excluding hydrogens is 646 g/mol. The van der Waals surface area contributed by atoms with Crippen LogP contribution in [-0.2, 0) is 6.18 Å². The van der Waals surface area contributed by atoms with E-state index in [-0.39, 0.29) is 82.1 Å². The third-order valence-corrected chi connectivity index (χ3v) is 10.7. The third-order valence-electron chi connectivity index (χ3n) is 9.70. The van der Waals surface area contributed by atoms with Gasteiger partial charge in [0.05, 0.1) is 21.4 Å². The number of nitrogens with zero attached hydrogens (tertiary/aromatic N) is 5. The van der Waals surface area contributed by atoms with Gasteiger partial charge in [0.1, 0.15) is 41.0 Å². The van der Waals surface area contributed by atoms with E-state index in [1.807, 2.05) is 11.0 Å². The smallest absolute Gasteiger partial charge is 0.417 e. The Hall–Kier alpha value is -3.87. The van der Waals surface area contributed by atoms with Gasteiger partial charge in [-0.15, -0.1) is 11.3 Å². The summed E-state index contributed by atoms with van der Waals surface area (Å²) in [5, 5.41) is 19.1. The first-order valence-corrected chi connectivity index (χ1v) is 16.2. The van der Waals surface area contributed by atoms with Gasteiger partial charge in [-0.1, -0.05) is 6.07 Å². The molecule has 3 saturated heterocycles. The number of nitrogens with two attached hydrogens (primary N) is 1. The van der Waals surface area contributed by atoms with Crippen molar-refractivity contribution in [2.24, 2.45) is 5.92 Å². The van der Waals surface area contributed by atoms with Crippen molar-refractivity contribution in [1.82, 2.24) is 14.9 Å². The normalized spacial score (nSPS) is 23.5. The molecule has 3 aliphatic rings. The number of anilines is 2. The summed E-state index contributed by atoms with van der Waals surface area (Å²) in [6.45, 7) is 1.46. The maximum Gasteiger partial charge on any atom is 0.417 e. The average molecular weight is 677 g/mol. The Kier molecular flexibility index (Phi) is 7.88. The van der Waals surface area contributed by atoms with E-state index in [1.54, 1.807) is 4.90 Å². The number of hydrogen-bond donors (Lipinski definition) is 2. The van der Waals surface area contributed by atoms with Crippen LogP contribution < -0.4 is 15.4 Å². The number of alkyl halides is 4. The minimum atomic E-state index is -5.09. The number of aromatic nitrogens is 2. The van der Waals surface area contributed by atoms with E-state index in [4.69, 9.17) is 10.5 Å². The quantitative estimate of drug-likeness (QED) is 0.225. The van der Waals surface area contributed by atoms with E-state index in [0.29, 0.717) is 43.7 Å². The van der Waals surface area contributed by atoms with Crippen molar-refractivity contribution in [3.63, 3.8) is 0 Å². The van der Waals surface area contributed by atoms with Gasteiger partial charge < -0.3 is 20.5 Å². The lowest BCUT2D eigenvalue weighted by Gasteiger charge is -2.34. The van der Waals surface area contributed by atoms with Crippen molar-refractivity contribution in [3.8, 4) is 23.2 Å². The number of nitriles is 1. The van der Waals surface area contributed by atoms with Gasteiger partial charge >= 0.3 is 12.2 Å². The number of hydrogen-bond acceptors (Lipinski definition) is 9. The SMILES string of the molecule is N#Cc1c(N)sc2c(F)ccc(-c3c(C(F)(F)F)cc4c(N5CCCC(CO)C5)nc(OCC56CCCN5CC(F)C6)nc4c3F)c12. The molecule has 0 amide bonds. The number of fused-ring (bicyclic) bond motifs is 3. The van der Waals surface area contributed by atoms with Crippen LogP contribution in [0.25, 0.3) is 32.1 Å². The van der Waals surface area contributed by atoms with Gasteiger partial charge in [-0.05, 0) is 55.8 Å². The number of nitrogen functional groups attached to an aromatic ring is 1. The third kappa shape index (κ3) is 5.30. The molecule has 0 bridgehead atoms. The summed E-state index contributed by atoms with van der Waals surface area (Å²) >= 11 is 0.686. The number of rotatable bonds is 6. The highest BCUT2D eigenvalue weighted by Gasteiger charge is 2.49. The zero-order chi connectivity index (χ0) is 33.2. The number of aliphatic hydroxyl groups is 1. The zero-order valence-corrected chi connectivity index (χ0v) is 25.8. The highest BCUT2D eigenvalue weighted by atomic mass is 32.1. The molecule has 47 heavy (non-hydrogen) atoms. The summed E-state index contributed by atoms with van der Waals surface area (Å²) in [4.78, 5) is 12.5. The fourth-order valence-electron chi connectivity index (χ4n) is 7.55. The Morgan fingerprint density at radius 3 is 2.72 bits per heavy atom. The molecule has 3 aliphatic heterocycles. The minimum absolute atomic E-state index is 0.00500. The average Bonchev–Trinajstić information content (AvgIpc) is 3.69. The van der Waals surface area contributed by atoms with Crippen LogP contribution in [0.5, 0.6) is 6.01 Å². The molecule has 8 nitrogen and oxygen atoms in total. The summed E-state index contributed by atoms with van der Waals surface area (Å²) in [5.41, 5.74) is 1.98. The number of thiophene rings is 1. The lowest BCUT2D eigenvalue weighted by atomic mass is 9.92. The lowest BCUT2D eigenvalue weighted by Crippen LogP contribution is -2.43. The number of piperidine rings is 1. The van der Waals surface area contributed by atoms with E-state index >= 15 is 4.39 Å². The van der Waals surface area contributed by atoms with Gasteiger partial charge in [0, 0.05) is 49.0 Å². The summed E-state index contributed by atoms with van der Waals surface area (Å²) in [6.07, 6.45) is -3.04. The van der Waals surface area contributed by atoms with Gasteiger partial charge in [0.25, 0.3) is 0 Å². The number of benzene rings is 2. The van der Waals surface area contributed by atoms with Gasteiger partial charge in [-0.3, -0.25) is 4.90 Å². The van der Waals surface area contributed by atoms with Crippen LogP contribution in [0.15, 0.2) is 18.2 Å². The standard InChI is InChI=1S/C32H30F6N6O2S/c33-17-10-31(6-2-8-44(31)13-17)15-46-30-41-26-19(29(42-30)43-7-1-3-16(12-43)14-45)9-21(32(36,37)38)24(25(26)35)18-4-5-22(34)27-23(18)20(11-39)28(40)47-27/h4-5,9,16-17,45H,1-3,6-8,10,12-15,40H2. The van der Waals surface area contributed by atoms with E-state index in [0.717, 1.165) is 24.6 Å². The molecule has 248 valence electrons. The van der Waals surface area contributed by atoms with E-state index in [1.165, 1.54) is 0 Å². The van der Waals surface area contributed by atoms with Crippen molar-refractivity contribution in [2.45, 2.75) is 50.0 Å². The van der Waals surface area contributed by atoms with Gasteiger partial charge in [0.2, 0.25) is 0 Å². The first-order valence-electron chi connectivity index (χ1n) is 15.3. The Morgan fingerprint density at radius 2 is 1.98 bits per heavy atom. The van der Waals surface area contributed by atoms with E-state index < -0.39 is 46.2 Å². The van der Waals surface area contributed by atoms with Crippen molar-refractivity contribution < 1.29 is 36.2 Å². The molecule has 0 aliphatic carbocycles. The Labute approximate surface area is 269 Å². The van der Waals surface area contributed by atoms with Crippen LogP contribution >= 0.6 is 11.3 Å². The highest BCUT2D eigenvalue weighted by molar-refractivity contribution is 7.23. The molecule has 15 heteroatoms. The van der Waals surface area contributed by atoms with Gasteiger partial charge in [-0.2, -0.15) is 28.4 Å². The zero-order valence-electron chi connectivity index (χ0n) is 25.0. The number of halogens is 6. The molecule has 3 N–H and O–H groups in total. The number of ether oxygens (including phenoxy) is 1. The second kappa shape index (κ2) is 11.7. The van der Waals surface area contributed by atoms with Crippen LogP contribution in [0.3, 0.4) is 0 Å². The van der Waals surface area contributed by atoms with Crippen LogP contribution in [0.2, 0.25) is 0 Å². The summed E-state index contributed by atoms with van der Waals surface area (Å²) in [6, 6.07) is 4.22. The predicted molar refractivity (Wildman–Crippen MR) is 165 cm³/mol. The molecule has 0 radical (unpaired) electrons. The van der Waals surface area contributed by atoms with Crippen molar-refractivity contribution in [1.29, 1.82) is 5.26 Å². The van der Waals surface area contributed by atoms with Gasteiger partial charge in [-0.25, -0.2) is 13.2 Å². The first kappa shape index (κ1) is 31.7. The maximum atomic E-state index is 16.9. The number of aliphatic hydroxyl groups excluding tert-OH is 1. The summed E-state index contributed by atoms with van der Waals surface area (Å²) in [5.74, 6) is -2.35. The molecule has 7 rings (SSSR count). The van der Waals surface area contributed by atoms with Crippen molar-refractivity contribution >= 4 is 43.1 Å². The maximum absolute atomic E-state index is 16.9. The van der Waals surface area contributed by atoms with Crippen molar-refractivity contribution in [3.05, 3.63) is 41.0 Å². The van der Waals surface area contributed by atoms with Crippen molar-refractivity contribution in [2.75, 3.05) is 50.0 Å². The van der Waals surface area contributed by atoms with Crippen LogP contribution in [-0.4, -0.2) is 71.1 Å². The van der Waals surface area contributed by atoms with Crippen LogP contribution in [0, 0.1) is 28.9 Å². The molecule has 3 atom stereocenters. The molecule has 3 unspecified atom stereocenters. The molecular formula is C32H30F6N6O2S. The molecule has 2 aromatic carbocycles. The molecule has 5 heterocycles. The van der Waals surface area contributed by atoms with Gasteiger partial charge in [0.15, 0.2) is 5.82 Å². The fourth-order valence-corrected chi connectivity index (χ4v) is 8.50. The minimum Gasteiger partial charge on any atom is -0.461 e. The van der Waals surface area contributed by atoms with E-state index in [2.05, 4.69) is 9.97 Å². The fraction of sp³-hybridized carbons (Fsp3) is 0.469. The van der Waals surface area contributed by atoms with Crippen LogP contribution in [0.4, 0.5) is 37.2 Å². The largest absolute Gasteiger partial charge is 0.461 e. The van der Waals surface area contributed by atoms with E-state index in [9.17, 15) is 32.3 Å². The summed E-state index contributed by atoms with van der Waals surface area (Å²) < 4.78 is 96.6. The first-order chi connectivity index (χ1) is 22.4. The van der Waals surface area contributed by atoms with Crippen LogP contribution in [0.1, 0.15) is 43.2 Å². The molecule has 2 aromatic heterocycles. The second-order valence-corrected chi connectivity index (χ2v) is 13.6.